The highest BCUT2D eigenvalue weighted by Crippen LogP contribution is 2.10. The molecular weight excluding hydrogens is 162 g/mol. The van der Waals surface area contributed by atoms with Gasteiger partial charge in [0.15, 0.2) is 0 Å². The largest absolute Gasteiger partial charge is 0.325 e. The van der Waals surface area contributed by atoms with Crippen molar-refractivity contribution in [3.63, 3.8) is 0 Å². The van der Waals surface area contributed by atoms with Crippen molar-refractivity contribution in [2.24, 2.45) is 5.73 Å². The average molecular weight is 175 g/mol. The van der Waals surface area contributed by atoms with Crippen molar-refractivity contribution in [1.82, 2.24) is 9.38 Å². The molecule has 3 heteroatoms. The van der Waals surface area contributed by atoms with Crippen LogP contribution in [0.15, 0.2) is 24.4 Å². The molecule has 0 radical (unpaired) electrons. The monoisotopic (exact) mass is 175 g/mol. The molecule has 2 heterocycles. The Balaban J connectivity index is 2.76. The Morgan fingerprint density at radius 1 is 1.46 bits per heavy atom. The molecule has 0 saturated carbocycles. The number of rotatable bonds is 2. The number of imidazole rings is 1. The van der Waals surface area contributed by atoms with Gasteiger partial charge in [0.05, 0.1) is 11.7 Å². The second-order valence-electron chi connectivity index (χ2n) is 3.01. The summed E-state index contributed by atoms with van der Waals surface area (Å²) in [5.41, 5.74) is 7.89. The van der Waals surface area contributed by atoms with E-state index in [0.717, 1.165) is 23.5 Å². The van der Waals surface area contributed by atoms with Crippen molar-refractivity contribution in [1.29, 1.82) is 0 Å². The van der Waals surface area contributed by atoms with Crippen LogP contribution in [0.4, 0.5) is 0 Å². The standard InChI is InChI=1S/C10H13N3/c1-2-10-12-7-9-5-3-4-8(6-11)13(9)10/h3-5,7H,2,6,11H2,1H3. The van der Waals surface area contributed by atoms with E-state index < -0.39 is 0 Å². The Hall–Kier alpha value is -1.35. The van der Waals surface area contributed by atoms with Crippen LogP contribution in [0.25, 0.3) is 5.52 Å². The fourth-order valence-corrected chi connectivity index (χ4v) is 1.60. The van der Waals surface area contributed by atoms with Gasteiger partial charge in [-0.05, 0) is 12.1 Å². The van der Waals surface area contributed by atoms with Gasteiger partial charge in [-0.2, -0.15) is 0 Å². The Labute approximate surface area is 77.2 Å². The van der Waals surface area contributed by atoms with E-state index in [2.05, 4.69) is 16.3 Å². The van der Waals surface area contributed by atoms with E-state index in [1.165, 1.54) is 0 Å². The van der Waals surface area contributed by atoms with E-state index in [1.54, 1.807) is 0 Å². The van der Waals surface area contributed by atoms with E-state index in [0.29, 0.717) is 6.54 Å². The molecule has 2 rings (SSSR count). The van der Waals surface area contributed by atoms with Crippen LogP contribution in [-0.2, 0) is 13.0 Å². The second-order valence-corrected chi connectivity index (χ2v) is 3.01. The minimum absolute atomic E-state index is 0.556. The first-order chi connectivity index (χ1) is 6.36. The number of nitrogens with two attached hydrogens (primary N) is 1. The third-order valence-electron chi connectivity index (χ3n) is 2.23. The van der Waals surface area contributed by atoms with Crippen molar-refractivity contribution in [2.45, 2.75) is 19.9 Å². The van der Waals surface area contributed by atoms with E-state index in [-0.39, 0.29) is 0 Å². The molecule has 2 aromatic rings. The summed E-state index contributed by atoms with van der Waals surface area (Å²) in [5.74, 6) is 1.08. The van der Waals surface area contributed by atoms with Crippen LogP contribution in [0.2, 0.25) is 0 Å². The molecule has 0 aliphatic rings. The summed E-state index contributed by atoms with van der Waals surface area (Å²) in [6.45, 7) is 2.66. The summed E-state index contributed by atoms with van der Waals surface area (Å²) in [6, 6.07) is 6.10. The Bertz CT molecular complexity index is 417. The summed E-state index contributed by atoms with van der Waals surface area (Å²) in [5, 5.41) is 0. The SMILES string of the molecule is CCc1ncc2cccc(CN)n12. The van der Waals surface area contributed by atoms with Crippen molar-refractivity contribution in [2.75, 3.05) is 0 Å². The van der Waals surface area contributed by atoms with Gasteiger partial charge in [-0.25, -0.2) is 4.98 Å². The van der Waals surface area contributed by atoms with Gasteiger partial charge >= 0.3 is 0 Å². The highest BCUT2D eigenvalue weighted by Gasteiger charge is 2.03. The van der Waals surface area contributed by atoms with Gasteiger partial charge in [-0.15, -0.1) is 0 Å². The highest BCUT2D eigenvalue weighted by atomic mass is 15.0. The summed E-state index contributed by atoms with van der Waals surface area (Å²) in [7, 11) is 0. The predicted molar refractivity (Wildman–Crippen MR) is 52.5 cm³/mol. The summed E-state index contributed by atoms with van der Waals surface area (Å²) >= 11 is 0. The van der Waals surface area contributed by atoms with Gasteiger partial charge < -0.3 is 5.73 Å². The molecule has 0 aromatic carbocycles. The van der Waals surface area contributed by atoms with Crippen molar-refractivity contribution >= 4 is 5.52 Å². The summed E-state index contributed by atoms with van der Waals surface area (Å²) in [4.78, 5) is 4.33. The Morgan fingerprint density at radius 3 is 3.00 bits per heavy atom. The van der Waals surface area contributed by atoms with Crippen LogP contribution >= 0.6 is 0 Å². The first kappa shape index (κ1) is 8.26. The van der Waals surface area contributed by atoms with Gasteiger partial charge in [-0.1, -0.05) is 13.0 Å². The van der Waals surface area contributed by atoms with E-state index in [9.17, 15) is 0 Å². The lowest BCUT2D eigenvalue weighted by Crippen LogP contribution is -2.05. The van der Waals surface area contributed by atoms with Gasteiger partial charge in [0.2, 0.25) is 0 Å². The molecule has 2 aromatic heterocycles. The number of aryl methyl sites for hydroxylation is 1. The molecule has 0 unspecified atom stereocenters. The molecule has 0 spiro atoms. The predicted octanol–water partition coefficient (Wildman–Crippen LogP) is 1.36. The zero-order chi connectivity index (χ0) is 9.26. The van der Waals surface area contributed by atoms with Gasteiger partial charge in [0, 0.05) is 18.7 Å². The van der Waals surface area contributed by atoms with E-state index in [4.69, 9.17) is 5.73 Å². The first-order valence-electron chi connectivity index (χ1n) is 4.51. The fourth-order valence-electron chi connectivity index (χ4n) is 1.60. The van der Waals surface area contributed by atoms with E-state index in [1.807, 2.05) is 24.4 Å². The maximum absolute atomic E-state index is 5.65. The molecule has 13 heavy (non-hydrogen) atoms. The molecule has 0 bridgehead atoms. The minimum Gasteiger partial charge on any atom is -0.325 e. The minimum atomic E-state index is 0.556. The maximum atomic E-state index is 5.65. The topological polar surface area (TPSA) is 43.3 Å². The van der Waals surface area contributed by atoms with Crippen molar-refractivity contribution in [3.05, 3.63) is 35.9 Å². The van der Waals surface area contributed by atoms with Crippen LogP contribution in [0.5, 0.6) is 0 Å². The van der Waals surface area contributed by atoms with Crippen molar-refractivity contribution in [3.8, 4) is 0 Å². The van der Waals surface area contributed by atoms with Crippen LogP contribution in [0.3, 0.4) is 0 Å². The zero-order valence-corrected chi connectivity index (χ0v) is 7.70. The number of pyridine rings is 1. The van der Waals surface area contributed by atoms with Crippen LogP contribution in [0.1, 0.15) is 18.4 Å². The lowest BCUT2D eigenvalue weighted by Gasteiger charge is -2.04. The molecule has 0 amide bonds. The number of fused-ring (bicyclic) bond motifs is 1. The molecule has 0 atom stereocenters. The second kappa shape index (κ2) is 3.18. The average Bonchev–Trinajstić information content (AvgIpc) is 2.60. The number of aromatic nitrogens is 2. The van der Waals surface area contributed by atoms with Gasteiger partial charge in [-0.3, -0.25) is 4.40 Å². The third-order valence-corrected chi connectivity index (χ3v) is 2.23. The maximum Gasteiger partial charge on any atom is 0.113 e. The molecule has 0 saturated heterocycles. The first-order valence-corrected chi connectivity index (χ1v) is 4.51. The molecule has 0 aliphatic carbocycles. The number of hydrogen-bond donors (Lipinski definition) is 1. The van der Waals surface area contributed by atoms with Crippen molar-refractivity contribution < 1.29 is 0 Å². The molecule has 68 valence electrons. The summed E-state index contributed by atoms with van der Waals surface area (Å²) < 4.78 is 2.12. The normalized spacial score (nSPS) is 10.9. The third kappa shape index (κ3) is 1.21. The number of nitrogens with zero attached hydrogens (tertiary/aromatic N) is 2. The highest BCUT2D eigenvalue weighted by molar-refractivity contribution is 5.47. The van der Waals surface area contributed by atoms with Crippen LogP contribution in [-0.4, -0.2) is 9.38 Å². The quantitative estimate of drug-likeness (QED) is 0.748. The molecule has 0 fully saturated rings. The van der Waals surface area contributed by atoms with Gasteiger partial charge in [0.25, 0.3) is 0 Å². The molecule has 0 aliphatic heterocycles. The summed E-state index contributed by atoms with van der Waals surface area (Å²) in [6.07, 6.45) is 2.82. The molecular formula is C10H13N3. The van der Waals surface area contributed by atoms with Crippen LogP contribution in [0, 0.1) is 0 Å². The molecule has 3 nitrogen and oxygen atoms in total. The van der Waals surface area contributed by atoms with E-state index >= 15 is 0 Å². The fraction of sp³-hybridized carbons (Fsp3) is 0.300. The Kier molecular flexibility index (Phi) is 2.02. The Morgan fingerprint density at radius 2 is 2.31 bits per heavy atom. The van der Waals surface area contributed by atoms with Gasteiger partial charge in [0.1, 0.15) is 5.82 Å². The molecule has 2 N–H and O–H groups in total. The number of hydrogen-bond acceptors (Lipinski definition) is 2. The zero-order valence-electron chi connectivity index (χ0n) is 7.70. The smallest absolute Gasteiger partial charge is 0.113 e. The van der Waals surface area contributed by atoms with Crippen LogP contribution < -0.4 is 5.73 Å². The lowest BCUT2D eigenvalue weighted by molar-refractivity contribution is 0.863. The lowest BCUT2D eigenvalue weighted by atomic mass is 10.3.